The van der Waals surface area contributed by atoms with Crippen LogP contribution in [-0.4, -0.2) is 56.9 Å². The number of nitrogens with zero attached hydrogens (tertiary/aromatic N) is 1. The topological polar surface area (TPSA) is 97.7 Å². The molecule has 0 bridgehead atoms. The summed E-state index contributed by atoms with van der Waals surface area (Å²) in [5, 5.41) is 10.6. The van der Waals surface area contributed by atoms with Gasteiger partial charge >= 0.3 is 0 Å². The highest BCUT2D eigenvalue weighted by molar-refractivity contribution is 7.89. The van der Waals surface area contributed by atoms with Crippen molar-refractivity contribution in [2.75, 3.05) is 33.2 Å². The zero-order valence-corrected chi connectivity index (χ0v) is 10.8. The summed E-state index contributed by atoms with van der Waals surface area (Å²) in [5.41, 5.74) is -0.228. The van der Waals surface area contributed by atoms with Crippen LogP contribution in [0.3, 0.4) is 0 Å². The third kappa shape index (κ3) is 2.40. The number of carboxylic acid groups (broad SMARTS) is 1. The molecule has 0 aliphatic carbocycles. The summed E-state index contributed by atoms with van der Waals surface area (Å²) in [6.07, 6.45) is 1.19. The summed E-state index contributed by atoms with van der Waals surface area (Å²) in [7, 11) is -1.59. The van der Waals surface area contributed by atoms with Crippen molar-refractivity contribution in [3.8, 4) is 0 Å². The van der Waals surface area contributed by atoms with E-state index in [9.17, 15) is 18.3 Å². The van der Waals surface area contributed by atoms with E-state index < -0.39 is 16.0 Å². The van der Waals surface area contributed by atoms with Gasteiger partial charge < -0.3 is 19.8 Å². The van der Waals surface area contributed by atoms with Gasteiger partial charge in [-0.05, 0) is 6.07 Å². The minimum Gasteiger partial charge on any atom is -0.543 e. The first-order valence-electron chi connectivity index (χ1n) is 5.62. The van der Waals surface area contributed by atoms with Crippen LogP contribution in [0.15, 0.2) is 17.2 Å². The lowest BCUT2D eigenvalue weighted by molar-refractivity contribution is -0.883. The molecule has 0 spiro atoms. The monoisotopic (exact) mass is 273 g/mol. The Hall–Kier alpha value is -1.38. The Bertz CT molecular complexity index is 543. The van der Waals surface area contributed by atoms with Crippen LogP contribution in [0, 0.1) is 0 Å². The van der Waals surface area contributed by atoms with Crippen LogP contribution in [0.25, 0.3) is 0 Å². The average Bonchev–Trinajstić information content (AvgIpc) is 2.79. The lowest BCUT2D eigenvalue weighted by Gasteiger charge is -2.28. The predicted octanol–water partition coefficient (Wildman–Crippen LogP) is -3.10. The highest BCUT2D eigenvalue weighted by Gasteiger charge is 2.29. The zero-order chi connectivity index (χ0) is 13.3. The van der Waals surface area contributed by atoms with Gasteiger partial charge in [0, 0.05) is 6.20 Å². The van der Waals surface area contributed by atoms with Crippen molar-refractivity contribution in [1.29, 1.82) is 0 Å². The molecule has 0 amide bonds. The third-order valence-corrected chi connectivity index (χ3v) is 4.97. The minimum absolute atomic E-state index is 0.0266. The molecule has 18 heavy (non-hydrogen) atoms. The fraction of sp³-hybridized carbons (Fsp3) is 0.500. The smallest absolute Gasteiger partial charge is 0.245 e. The van der Waals surface area contributed by atoms with E-state index in [4.69, 9.17) is 0 Å². The number of H-pyrrole nitrogens is 1. The van der Waals surface area contributed by atoms with Gasteiger partial charge in [0.25, 0.3) is 0 Å². The van der Waals surface area contributed by atoms with Crippen molar-refractivity contribution in [1.82, 2.24) is 9.29 Å². The number of aromatic nitrogens is 1. The minimum atomic E-state index is -3.60. The number of quaternary nitrogens is 1. The largest absolute Gasteiger partial charge is 0.543 e. The number of aromatic carboxylic acids is 1. The molecule has 1 aliphatic heterocycles. The van der Waals surface area contributed by atoms with E-state index in [2.05, 4.69) is 4.98 Å². The van der Waals surface area contributed by atoms with Crippen molar-refractivity contribution < 1.29 is 23.2 Å². The number of sulfonamides is 1. The van der Waals surface area contributed by atoms with Gasteiger partial charge in [-0.2, -0.15) is 4.31 Å². The number of carboxylic acids is 1. The van der Waals surface area contributed by atoms with Gasteiger partial charge in [0.1, 0.15) is 4.90 Å². The zero-order valence-electron chi connectivity index (χ0n) is 9.97. The van der Waals surface area contributed by atoms with Gasteiger partial charge in [-0.1, -0.05) is 0 Å². The fourth-order valence-electron chi connectivity index (χ4n) is 1.90. The summed E-state index contributed by atoms with van der Waals surface area (Å²) in [5.74, 6) is -1.42. The predicted molar refractivity (Wildman–Crippen MR) is 60.5 cm³/mol. The van der Waals surface area contributed by atoms with Crippen LogP contribution >= 0.6 is 0 Å². The molecule has 8 heteroatoms. The average molecular weight is 273 g/mol. The molecule has 1 aromatic heterocycles. The van der Waals surface area contributed by atoms with E-state index >= 15 is 0 Å². The van der Waals surface area contributed by atoms with Gasteiger partial charge in [0.15, 0.2) is 0 Å². The molecule has 1 saturated heterocycles. The van der Waals surface area contributed by atoms with Crippen molar-refractivity contribution in [2.24, 2.45) is 0 Å². The molecule has 1 fully saturated rings. The van der Waals surface area contributed by atoms with Crippen molar-refractivity contribution in [3.05, 3.63) is 18.0 Å². The Labute approximate surface area is 105 Å². The van der Waals surface area contributed by atoms with E-state index in [-0.39, 0.29) is 10.6 Å². The molecular weight excluding hydrogens is 258 g/mol. The maximum absolute atomic E-state index is 12.2. The standard InChI is InChI=1S/C10H15N3O4S/c1-12-2-4-13(5-3-12)18(16,17)8-6-9(10(14)15)11-7-8/h6-7,11H,2-5H2,1H3,(H,14,15). The second-order valence-corrected chi connectivity index (χ2v) is 6.34. The Morgan fingerprint density at radius 3 is 2.56 bits per heavy atom. The Morgan fingerprint density at radius 1 is 1.44 bits per heavy atom. The summed E-state index contributed by atoms with van der Waals surface area (Å²) >= 11 is 0. The van der Waals surface area contributed by atoms with Crippen LogP contribution < -0.4 is 10.0 Å². The first-order valence-corrected chi connectivity index (χ1v) is 7.06. The van der Waals surface area contributed by atoms with Crippen LogP contribution in [0.1, 0.15) is 10.5 Å². The van der Waals surface area contributed by atoms with Crippen molar-refractivity contribution in [2.45, 2.75) is 4.90 Å². The molecule has 0 saturated carbocycles. The Balaban J connectivity index is 2.22. The number of hydrogen-bond acceptors (Lipinski definition) is 4. The quantitative estimate of drug-likeness (QED) is 0.609. The molecule has 100 valence electrons. The number of carbonyl (C=O) groups excluding carboxylic acids is 1. The molecule has 2 heterocycles. The van der Waals surface area contributed by atoms with Crippen LogP contribution in [0.5, 0.6) is 0 Å². The van der Waals surface area contributed by atoms with Gasteiger partial charge in [-0.3, -0.25) is 0 Å². The van der Waals surface area contributed by atoms with Crippen molar-refractivity contribution in [3.63, 3.8) is 0 Å². The summed E-state index contributed by atoms with van der Waals surface area (Å²) in [6.45, 7) is 2.38. The highest BCUT2D eigenvalue weighted by atomic mass is 32.2. The van der Waals surface area contributed by atoms with Gasteiger partial charge in [-0.15, -0.1) is 0 Å². The number of nitrogens with one attached hydrogen (secondary N) is 2. The van der Waals surface area contributed by atoms with E-state index in [1.807, 2.05) is 7.05 Å². The molecule has 0 atom stereocenters. The van der Waals surface area contributed by atoms with Crippen molar-refractivity contribution >= 4 is 16.0 Å². The fourth-order valence-corrected chi connectivity index (χ4v) is 3.33. The molecular formula is C10H15N3O4S. The second-order valence-electron chi connectivity index (χ2n) is 4.40. The SMILES string of the molecule is C[NH+]1CCN(S(=O)(=O)c2c[nH]c(C(=O)[O-])c2)CC1. The Kier molecular flexibility index (Phi) is 3.42. The molecule has 2 rings (SSSR count). The lowest BCUT2D eigenvalue weighted by Crippen LogP contribution is -3.12. The Morgan fingerprint density at radius 2 is 2.06 bits per heavy atom. The number of aromatic amines is 1. The van der Waals surface area contributed by atoms with Crippen LogP contribution in [0.4, 0.5) is 0 Å². The number of rotatable bonds is 3. The molecule has 1 aliphatic rings. The molecule has 2 N–H and O–H groups in total. The highest BCUT2D eigenvalue weighted by Crippen LogP contribution is 2.16. The van der Waals surface area contributed by atoms with E-state index in [1.165, 1.54) is 15.4 Å². The molecule has 0 radical (unpaired) electrons. The van der Waals surface area contributed by atoms with E-state index in [0.717, 1.165) is 19.2 Å². The normalized spacial score (nSPS) is 18.9. The van der Waals surface area contributed by atoms with Crippen LogP contribution in [-0.2, 0) is 10.0 Å². The number of likely N-dealkylation sites (N-methyl/N-ethyl adjacent to an activating group) is 1. The van der Waals surface area contributed by atoms with Gasteiger partial charge in [-0.25, -0.2) is 8.42 Å². The summed E-state index contributed by atoms with van der Waals surface area (Å²) in [4.78, 5) is 14.2. The first kappa shape index (κ1) is 13.1. The van der Waals surface area contributed by atoms with E-state index in [1.54, 1.807) is 0 Å². The maximum atomic E-state index is 12.2. The molecule has 1 aromatic rings. The van der Waals surface area contributed by atoms with E-state index in [0.29, 0.717) is 13.1 Å². The first-order chi connectivity index (χ1) is 8.41. The summed E-state index contributed by atoms with van der Waals surface area (Å²) < 4.78 is 25.8. The lowest BCUT2D eigenvalue weighted by atomic mass is 10.4. The number of hydrogen-bond donors (Lipinski definition) is 2. The maximum Gasteiger partial charge on any atom is 0.245 e. The summed E-state index contributed by atoms with van der Waals surface area (Å²) in [6, 6.07) is 1.09. The van der Waals surface area contributed by atoms with Crippen LogP contribution in [0.2, 0.25) is 0 Å². The molecule has 7 nitrogen and oxygen atoms in total. The second kappa shape index (κ2) is 4.71. The molecule has 0 aromatic carbocycles. The number of carbonyl (C=O) groups is 1. The number of piperazine rings is 1. The van der Waals surface area contributed by atoms with Gasteiger partial charge in [0.05, 0.1) is 44.9 Å². The third-order valence-electron chi connectivity index (χ3n) is 3.09. The molecule has 0 unspecified atom stereocenters. The van der Waals surface area contributed by atoms with Gasteiger partial charge in [0.2, 0.25) is 10.0 Å².